The van der Waals surface area contributed by atoms with E-state index >= 15 is 0 Å². The summed E-state index contributed by atoms with van der Waals surface area (Å²) in [6.45, 7) is 2.06. The predicted octanol–water partition coefficient (Wildman–Crippen LogP) is 2.27. The molecule has 3 rings (SSSR count). The van der Waals surface area contributed by atoms with Crippen molar-refractivity contribution in [2.75, 3.05) is 6.54 Å². The average Bonchev–Trinajstić information content (AvgIpc) is 3.15. The largest absolute Gasteiger partial charge is 0.312 e. The summed E-state index contributed by atoms with van der Waals surface area (Å²) in [4.78, 5) is 0. The molecule has 2 aliphatic carbocycles. The molecule has 1 N–H and O–H groups in total. The number of hydrogen-bond acceptors (Lipinski definition) is 2. The van der Waals surface area contributed by atoms with E-state index in [1.54, 1.807) is 0 Å². The van der Waals surface area contributed by atoms with Crippen molar-refractivity contribution in [3.8, 4) is 0 Å². The van der Waals surface area contributed by atoms with Gasteiger partial charge in [0.05, 0.1) is 16.3 Å². The molecule has 3 nitrogen and oxygen atoms in total. The van der Waals surface area contributed by atoms with Gasteiger partial charge < -0.3 is 5.32 Å². The number of hydrogen-bond donors (Lipinski definition) is 1. The Morgan fingerprint density at radius 2 is 2.06 bits per heavy atom. The van der Waals surface area contributed by atoms with Crippen LogP contribution in [0.5, 0.6) is 0 Å². The van der Waals surface area contributed by atoms with Crippen LogP contribution in [0.25, 0.3) is 0 Å². The fraction of sp³-hybridized carbons (Fsp3) is 0.750. The lowest BCUT2D eigenvalue weighted by Gasteiger charge is -2.17. The zero-order chi connectivity index (χ0) is 11.0. The van der Waals surface area contributed by atoms with E-state index in [1.807, 2.05) is 10.9 Å². The molecule has 0 atom stereocenters. The van der Waals surface area contributed by atoms with Gasteiger partial charge in [-0.15, -0.1) is 0 Å². The maximum Gasteiger partial charge on any atom is 0.0623 e. The highest BCUT2D eigenvalue weighted by molar-refractivity contribution is 14.1. The lowest BCUT2D eigenvalue weighted by atomic mass is 10.1. The second-order valence-corrected chi connectivity index (χ2v) is 6.32. The molecule has 2 fully saturated rings. The standard InChI is InChI=1S/C12H18IN3/c13-11-7-15-16(8-11)6-5-14-12(9-1-2-9)10-3-4-10/h7-10,12,14H,1-6H2. The molecule has 0 bridgehead atoms. The summed E-state index contributed by atoms with van der Waals surface area (Å²) in [5.74, 6) is 1.98. The van der Waals surface area contributed by atoms with Crippen molar-refractivity contribution < 1.29 is 0 Å². The summed E-state index contributed by atoms with van der Waals surface area (Å²) in [5.41, 5.74) is 0. The van der Waals surface area contributed by atoms with Crippen LogP contribution in [-0.2, 0) is 6.54 Å². The highest BCUT2D eigenvalue weighted by Crippen LogP contribution is 2.44. The van der Waals surface area contributed by atoms with Crippen molar-refractivity contribution in [3.05, 3.63) is 16.0 Å². The van der Waals surface area contributed by atoms with Crippen molar-refractivity contribution in [2.24, 2.45) is 11.8 Å². The third-order valence-corrected chi connectivity index (χ3v) is 4.14. The molecule has 4 heteroatoms. The fourth-order valence-electron chi connectivity index (χ4n) is 2.44. The minimum Gasteiger partial charge on any atom is -0.312 e. The van der Waals surface area contributed by atoms with Gasteiger partial charge >= 0.3 is 0 Å². The maximum absolute atomic E-state index is 4.30. The van der Waals surface area contributed by atoms with Gasteiger partial charge in [0.25, 0.3) is 0 Å². The van der Waals surface area contributed by atoms with Gasteiger partial charge in [0.2, 0.25) is 0 Å². The van der Waals surface area contributed by atoms with E-state index in [2.05, 4.69) is 39.2 Å². The molecule has 0 aliphatic heterocycles. The van der Waals surface area contributed by atoms with E-state index in [1.165, 1.54) is 29.3 Å². The van der Waals surface area contributed by atoms with Crippen LogP contribution in [-0.4, -0.2) is 22.4 Å². The fourth-order valence-corrected chi connectivity index (χ4v) is 2.88. The number of nitrogens with one attached hydrogen (secondary N) is 1. The van der Waals surface area contributed by atoms with Crippen LogP contribution in [0.4, 0.5) is 0 Å². The first-order valence-electron chi connectivity index (χ1n) is 6.24. The Morgan fingerprint density at radius 1 is 1.38 bits per heavy atom. The average molecular weight is 331 g/mol. The first kappa shape index (κ1) is 11.0. The lowest BCUT2D eigenvalue weighted by molar-refractivity contribution is 0.400. The van der Waals surface area contributed by atoms with Crippen LogP contribution in [0.1, 0.15) is 25.7 Å². The van der Waals surface area contributed by atoms with Gasteiger partial charge in [-0.05, 0) is 60.1 Å². The summed E-state index contributed by atoms with van der Waals surface area (Å²) in [6, 6.07) is 0.814. The molecule has 2 aliphatic rings. The SMILES string of the molecule is Ic1cnn(CCNC(C2CC2)C2CC2)c1. The van der Waals surface area contributed by atoms with E-state index in [-0.39, 0.29) is 0 Å². The van der Waals surface area contributed by atoms with Crippen molar-refractivity contribution in [2.45, 2.75) is 38.3 Å². The Bertz CT molecular complexity index is 343. The van der Waals surface area contributed by atoms with Gasteiger partial charge in [-0.25, -0.2) is 0 Å². The van der Waals surface area contributed by atoms with Crippen molar-refractivity contribution in [1.82, 2.24) is 15.1 Å². The number of rotatable bonds is 6. The smallest absolute Gasteiger partial charge is 0.0623 e. The van der Waals surface area contributed by atoms with Crippen LogP contribution >= 0.6 is 22.6 Å². The molecule has 0 spiro atoms. The van der Waals surface area contributed by atoms with E-state index in [0.717, 1.165) is 31.0 Å². The highest BCUT2D eigenvalue weighted by atomic mass is 127. The molecule has 1 heterocycles. The van der Waals surface area contributed by atoms with Gasteiger partial charge in [-0.3, -0.25) is 4.68 Å². The van der Waals surface area contributed by atoms with Gasteiger partial charge in [0, 0.05) is 18.8 Å². The first-order chi connectivity index (χ1) is 7.83. The van der Waals surface area contributed by atoms with E-state index in [0.29, 0.717) is 0 Å². The number of aromatic nitrogens is 2. The number of nitrogens with zero attached hydrogens (tertiary/aromatic N) is 2. The molecule has 1 aromatic rings. The zero-order valence-corrected chi connectivity index (χ0v) is 11.6. The summed E-state index contributed by atoms with van der Waals surface area (Å²) < 4.78 is 3.25. The molecular weight excluding hydrogens is 313 g/mol. The van der Waals surface area contributed by atoms with Gasteiger partial charge in [0.15, 0.2) is 0 Å². The lowest BCUT2D eigenvalue weighted by Crippen LogP contribution is -2.35. The Balaban J connectivity index is 1.44. The quantitative estimate of drug-likeness (QED) is 0.811. The first-order valence-corrected chi connectivity index (χ1v) is 7.32. The molecule has 0 radical (unpaired) electrons. The monoisotopic (exact) mass is 331 g/mol. The van der Waals surface area contributed by atoms with Gasteiger partial charge in [-0.2, -0.15) is 5.10 Å². The van der Waals surface area contributed by atoms with Crippen LogP contribution < -0.4 is 5.32 Å². The van der Waals surface area contributed by atoms with Crippen LogP contribution in [0, 0.1) is 15.4 Å². The third-order valence-electron chi connectivity index (χ3n) is 3.58. The second kappa shape index (κ2) is 4.64. The van der Waals surface area contributed by atoms with Gasteiger partial charge in [0.1, 0.15) is 0 Å². The molecule has 0 aromatic carbocycles. The Kier molecular flexibility index (Phi) is 3.20. The number of halogens is 1. The molecule has 16 heavy (non-hydrogen) atoms. The molecule has 1 aromatic heterocycles. The Morgan fingerprint density at radius 3 is 2.56 bits per heavy atom. The van der Waals surface area contributed by atoms with Crippen LogP contribution in [0.3, 0.4) is 0 Å². The van der Waals surface area contributed by atoms with Crippen LogP contribution in [0.2, 0.25) is 0 Å². The Labute approximate surface area is 110 Å². The van der Waals surface area contributed by atoms with E-state index in [4.69, 9.17) is 0 Å². The molecular formula is C12H18IN3. The minimum absolute atomic E-state index is 0.814. The molecule has 0 saturated heterocycles. The molecule has 88 valence electrons. The maximum atomic E-state index is 4.30. The zero-order valence-electron chi connectivity index (χ0n) is 9.40. The Hall–Kier alpha value is -0.100. The summed E-state index contributed by atoms with van der Waals surface area (Å²) in [6.07, 6.45) is 9.83. The van der Waals surface area contributed by atoms with Crippen molar-refractivity contribution >= 4 is 22.6 Å². The van der Waals surface area contributed by atoms with Crippen molar-refractivity contribution in [1.29, 1.82) is 0 Å². The van der Waals surface area contributed by atoms with E-state index in [9.17, 15) is 0 Å². The highest BCUT2D eigenvalue weighted by Gasteiger charge is 2.40. The van der Waals surface area contributed by atoms with Gasteiger partial charge in [-0.1, -0.05) is 0 Å². The molecule has 0 amide bonds. The topological polar surface area (TPSA) is 29.9 Å². The molecule has 0 unspecified atom stereocenters. The van der Waals surface area contributed by atoms with E-state index < -0.39 is 0 Å². The third kappa shape index (κ3) is 2.77. The summed E-state index contributed by atoms with van der Waals surface area (Å²) in [7, 11) is 0. The van der Waals surface area contributed by atoms with Crippen LogP contribution in [0.15, 0.2) is 12.4 Å². The summed E-state index contributed by atoms with van der Waals surface area (Å²) in [5, 5.41) is 8.04. The van der Waals surface area contributed by atoms with Crippen molar-refractivity contribution in [3.63, 3.8) is 0 Å². The molecule has 2 saturated carbocycles. The predicted molar refractivity (Wildman–Crippen MR) is 72.2 cm³/mol. The minimum atomic E-state index is 0.814. The summed E-state index contributed by atoms with van der Waals surface area (Å²) >= 11 is 2.30. The normalized spacial score (nSPS) is 20.6. The second-order valence-electron chi connectivity index (χ2n) is 5.08.